The van der Waals surface area contributed by atoms with Crippen molar-refractivity contribution in [3.05, 3.63) is 78.8 Å². The Morgan fingerprint density at radius 3 is 2.19 bits per heavy atom. The molecule has 0 unspecified atom stereocenters. The standard InChI is InChI=1S/C13H12N4.C6H5NO2/c14-10-1-4-12(5-2-10)17-13-6-3-11(15)7-9(13)8-16-17;8-6(9)5-1-3-7-4-2-5/h1-8H,14-15H2;1-4H,(H,8,9). The maximum absolute atomic E-state index is 10.2. The van der Waals surface area contributed by atoms with Crippen LogP contribution in [0.1, 0.15) is 10.4 Å². The van der Waals surface area contributed by atoms with Crippen LogP contribution in [-0.4, -0.2) is 25.8 Å². The summed E-state index contributed by atoms with van der Waals surface area (Å²) in [5.41, 5.74) is 15.2. The lowest BCUT2D eigenvalue weighted by Crippen LogP contribution is -1.96. The molecular weight excluding hydrogens is 330 g/mol. The normalized spacial score (nSPS) is 10.2. The largest absolute Gasteiger partial charge is 0.478 e. The molecule has 7 heteroatoms. The first kappa shape index (κ1) is 17.0. The minimum Gasteiger partial charge on any atom is -0.478 e. The third-order valence-electron chi connectivity index (χ3n) is 3.66. The van der Waals surface area contributed by atoms with E-state index in [1.54, 1.807) is 0 Å². The molecule has 4 rings (SSSR count). The molecule has 0 saturated carbocycles. The van der Waals surface area contributed by atoms with Crippen LogP contribution in [0.25, 0.3) is 16.6 Å². The van der Waals surface area contributed by atoms with Gasteiger partial charge in [-0.2, -0.15) is 5.10 Å². The molecule has 130 valence electrons. The van der Waals surface area contributed by atoms with Gasteiger partial charge in [-0.1, -0.05) is 0 Å². The number of rotatable bonds is 2. The zero-order valence-electron chi connectivity index (χ0n) is 13.8. The second-order valence-corrected chi connectivity index (χ2v) is 5.51. The second-order valence-electron chi connectivity index (χ2n) is 5.51. The number of aromatic nitrogens is 3. The third kappa shape index (κ3) is 3.78. The predicted octanol–water partition coefficient (Wildman–Crippen LogP) is 2.97. The summed E-state index contributed by atoms with van der Waals surface area (Å²) in [7, 11) is 0. The summed E-state index contributed by atoms with van der Waals surface area (Å²) in [5.74, 6) is -0.919. The highest BCUT2D eigenvalue weighted by Crippen LogP contribution is 2.21. The molecule has 4 aromatic rings. The third-order valence-corrected chi connectivity index (χ3v) is 3.66. The average molecular weight is 347 g/mol. The number of pyridine rings is 1. The smallest absolute Gasteiger partial charge is 0.335 e. The quantitative estimate of drug-likeness (QED) is 0.479. The van der Waals surface area contributed by atoms with Crippen LogP contribution < -0.4 is 11.5 Å². The molecule has 7 nitrogen and oxygen atoms in total. The molecule has 0 aliphatic rings. The van der Waals surface area contributed by atoms with Crippen molar-refractivity contribution in [3.63, 3.8) is 0 Å². The van der Waals surface area contributed by atoms with Crippen LogP contribution in [0.5, 0.6) is 0 Å². The maximum atomic E-state index is 10.2. The molecule has 0 amide bonds. The van der Waals surface area contributed by atoms with Gasteiger partial charge in [-0.15, -0.1) is 0 Å². The molecule has 0 radical (unpaired) electrons. The first-order chi connectivity index (χ1) is 12.5. The average Bonchev–Trinajstić information content (AvgIpc) is 3.06. The van der Waals surface area contributed by atoms with Gasteiger partial charge < -0.3 is 16.6 Å². The van der Waals surface area contributed by atoms with Gasteiger partial charge in [-0.25, -0.2) is 9.48 Å². The van der Waals surface area contributed by atoms with E-state index < -0.39 is 5.97 Å². The van der Waals surface area contributed by atoms with Crippen LogP contribution in [0.4, 0.5) is 11.4 Å². The Kier molecular flexibility index (Phi) is 4.80. The maximum Gasteiger partial charge on any atom is 0.335 e. The monoisotopic (exact) mass is 347 g/mol. The minimum absolute atomic E-state index is 0.269. The Labute approximate surface area is 149 Å². The van der Waals surface area contributed by atoms with Crippen molar-refractivity contribution < 1.29 is 9.90 Å². The summed E-state index contributed by atoms with van der Waals surface area (Å²) >= 11 is 0. The second kappa shape index (κ2) is 7.35. The number of benzene rings is 2. The van der Waals surface area contributed by atoms with Crippen molar-refractivity contribution in [2.45, 2.75) is 0 Å². The van der Waals surface area contributed by atoms with Crippen LogP contribution in [0.3, 0.4) is 0 Å². The van der Waals surface area contributed by atoms with Gasteiger partial charge in [0.1, 0.15) is 0 Å². The number of nitrogens with two attached hydrogens (primary N) is 2. The number of carboxylic acid groups (broad SMARTS) is 1. The van der Waals surface area contributed by atoms with Crippen LogP contribution in [0, 0.1) is 0 Å². The van der Waals surface area contributed by atoms with E-state index in [4.69, 9.17) is 16.6 Å². The van der Waals surface area contributed by atoms with E-state index in [1.165, 1.54) is 24.5 Å². The topological polar surface area (TPSA) is 120 Å². The minimum atomic E-state index is -0.919. The van der Waals surface area contributed by atoms with Crippen molar-refractivity contribution in [2.24, 2.45) is 0 Å². The van der Waals surface area contributed by atoms with E-state index in [9.17, 15) is 4.79 Å². The first-order valence-electron chi connectivity index (χ1n) is 7.77. The SMILES string of the molecule is Nc1ccc(-n2ncc3cc(N)ccc32)cc1.O=C(O)c1ccncc1. The molecule has 0 aliphatic heterocycles. The number of hydrogen-bond acceptors (Lipinski definition) is 5. The fourth-order valence-electron chi connectivity index (χ4n) is 2.37. The Hall–Kier alpha value is -3.87. The van der Waals surface area contributed by atoms with Gasteiger partial charge >= 0.3 is 5.97 Å². The molecule has 0 atom stereocenters. The number of nitrogen functional groups attached to an aromatic ring is 2. The number of anilines is 2. The van der Waals surface area contributed by atoms with Gasteiger partial charge in [0.15, 0.2) is 0 Å². The van der Waals surface area contributed by atoms with Gasteiger partial charge in [0.05, 0.1) is 23.0 Å². The molecule has 5 N–H and O–H groups in total. The molecule has 0 fully saturated rings. The van der Waals surface area contributed by atoms with Crippen molar-refractivity contribution >= 4 is 28.2 Å². The summed E-state index contributed by atoms with van der Waals surface area (Å²) in [6.45, 7) is 0. The van der Waals surface area contributed by atoms with Gasteiger partial charge in [-0.3, -0.25) is 4.98 Å². The fourth-order valence-corrected chi connectivity index (χ4v) is 2.37. The Morgan fingerprint density at radius 1 is 0.923 bits per heavy atom. The predicted molar refractivity (Wildman–Crippen MR) is 101 cm³/mol. The highest BCUT2D eigenvalue weighted by atomic mass is 16.4. The highest BCUT2D eigenvalue weighted by Gasteiger charge is 2.04. The molecular formula is C19H17N5O2. The highest BCUT2D eigenvalue weighted by molar-refractivity contribution is 5.87. The van der Waals surface area contributed by atoms with Gasteiger partial charge in [0.2, 0.25) is 0 Å². The van der Waals surface area contributed by atoms with Crippen molar-refractivity contribution in [3.8, 4) is 5.69 Å². The number of carboxylic acids is 1. The van der Waals surface area contributed by atoms with Crippen LogP contribution >= 0.6 is 0 Å². The molecule has 0 bridgehead atoms. The summed E-state index contributed by atoms with van der Waals surface area (Å²) in [6, 6.07) is 16.3. The van der Waals surface area contributed by atoms with E-state index in [0.717, 1.165) is 28.0 Å². The summed E-state index contributed by atoms with van der Waals surface area (Å²) in [4.78, 5) is 13.8. The van der Waals surface area contributed by atoms with Gasteiger partial charge in [0.25, 0.3) is 0 Å². The van der Waals surface area contributed by atoms with Crippen molar-refractivity contribution in [1.82, 2.24) is 14.8 Å². The van der Waals surface area contributed by atoms with E-state index in [-0.39, 0.29) is 5.56 Å². The van der Waals surface area contributed by atoms with Crippen LogP contribution in [0.15, 0.2) is 73.2 Å². The number of nitrogens with zero attached hydrogens (tertiary/aromatic N) is 3. The Morgan fingerprint density at radius 2 is 1.58 bits per heavy atom. The molecule has 2 heterocycles. The molecule has 0 spiro atoms. The molecule has 0 aliphatic carbocycles. The van der Waals surface area contributed by atoms with Crippen LogP contribution in [-0.2, 0) is 0 Å². The summed E-state index contributed by atoms with van der Waals surface area (Å²) in [6.07, 6.45) is 4.70. The first-order valence-corrected chi connectivity index (χ1v) is 7.77. The molecule has 2 aromatic heterocycles. The zero-order chi connectivity index (χ0) is 18.5. The Bertz CT molecular complexity index is 1030. The van der Waals surface area contributed by atoms with Crippen molar-refractivity contribution in [2.75, 3.05) is 11.5 Å². The Balaban J connectivity index is 0.000000185. The fraction of sp³-hybridized carbons (Fsp3) is 0. The molecule has 0 saturated heterocycles. The molecule has 2 aromatic carbocycles. The summed E-state index contributed by atoms with van der Waals surface area (Å²) in [5, 5.41) is 13.7. The van der Waals surface area contributed by atoms with E-state index in [2.05, 4.69) is 10.1 Å². The van der Waals surface area contributed by atoms with E-state index in [0.29, 0.717) is 0 Å². The van der Waals surface area contributed by atoms with Crippen molar-refractivity contribution in [1.29, 1.82) is 0 Å². The van der Waals surface area contributed by atoms with Gasteiger partial charge in [0, 0.05) is 29.2 Å². The van der Waals surface area contributed by atoms with E-state index >= 15 is 0 Å². The lowest BCUT2D eigenvalue weighted by molar-refractivity contribution is 0.0696. The number of fused-ring (bicyclic) bond motifs is 1. The zero-order valence-corrected chi connectivity index (χ0v) is 13.8. The van der Waals surface area contributed by atoms with Crippen LogP contribution in [0.2, 0.25) is 0 Å². The number of hydrogen-bond donors (Lipinski definition) is 3. The molecule has 26 heavy (non-hydrogen) atoms. The number of aromatic carboxylic acids is 1. The lowest BCUT2D eigenvalue weighted by atomic mass is 10.2. The number of carbonyl (C=O) groups is 1. The lowest BCUT2D eigenvalue weighted by Gasteiger charge is -2.04. The van der Waals surface area contributed by atoms with E-state index in [1.807, 2.05) is 53.3 Å². The van der Waals surface area contributed by atoms with Gasteiger partial charge in [-0.05, 0) is 54.6 Å². The summed E-state index contributed by atoms with van der Waals surface area (Å²) < 4.78 is 1.87.